The Labute approximate surface area is 153 Å². The lowest BCUT2D eigenvalue weighted by Crippen LogP contribution is -2.40. The molecule has 2 aromatic carbocycles. The highest BCUT2D eigenvalue weighted by molar-refractivity contribution is 5.69. The second-order valence-electron chi connectivity index (χ2n) is 7.47. The van der Waals surface area contributed by atoms with Crippen molar-refractivity contribution in [1.29, 1.82) is 0 Å². The summed E-state index contributed by atoms with van der Waals surface area (Å²) in [4.78, 5) is 14.0. The summed E-state index contributed by atoms with van der Waals surface area (Å²) >= 11 is 0. The third-order valence-electron chi connectivity index (χ3n) is 4.16. The number of rotatable bonds is 3. The van der Waals surface area contributed by atoms with Crippen LogP contribution in [0.3, 0.4) is 0 Å². The molecule has 2 aromatic rings. The van der Waals surface area contributed by atoms with Crippen molar-refractivity contribution in [2.45, 2.75) is 45.9 Å². The fourth-order valence-corrected chi connectivity index (χ4v) is 2.94. The van der Waals surface area contributed by atoms with Crippen LogP contribution in [-0.4, -0.2) is 23.1 Å². The second-order valence-corrected chi connectivity index (χ2v) is 7.47. The zero-order valence-electron chi connectivity index (χ0n) is 15.4. The largest absolute Gasteiger partial charge is 0.488 e. The van der Waals surface area contributed by atoms with Crippen molar-refractivity contribution < 1.29 is 18.7 Å². The summed E-state index contributed by atoms with van der Waals surface area (Å²) < 4.78 is 25.3. The molecule has 1 amide bonds. The van der Waals surface area contributed by atoms with Crippen LogP contribution in [0.2, 0.25) is 0 Å². The molecule has 5 heteroatoms. The van der Waals surface area contributed by atoms with Crippen LogP contribution in [0, 0.1) is 5.82 Å². The van der Waals surface area contributed by atoms with E-state index in [1.807, 2.05) is 51.1 Å². The number of nitrogens with zero attached hydrogens (tertiary/aromatic N) is 1. The van der Waals surface area contributed by atoms with E-state index in [1.54, 1.807) is 4.90 Å². The van der Waals surface area contributed by atoms with E-state index in [9.17, 15) is 9.18 Å². The summed E-state index contributed by atoms with van der Waals surface area (Å²) in [7, 11) is 0. The number of carbonyl (C=O) groups excluding carboxylic acids is 1. The number of halogens is 1. The monoisotopic (exact) mass is 357 g/mol. The third kappa shape index (κ3) is 4.54. The number of amides is 1. The number of carbonyl (C=O) groups is 1. The second kappa shape index (κ2) is 7.36. The SMILES string of the molecule is CC(C)(C)OC(=O)N1CCc2cc(F)cc(OCc3ccccc3)c2C1. The fourth-order valence-electron chi connectivity index (χ4n) is 2.94. The molecular weight excluding hydrogens is 333 g/mol. The van der Waals surface area contributed by atoms with Crippen LogP contribution in [0.15, 0.2) is 42.5 Å². The van der Waals surface area contributed by atoms with Gasteiger partial charge in [-0.2, -0.15) is 0 Å². The summed E-state index contributed by atoms with van der Waals surface area (Å²) in [6.45, 7) is 6.73. The van der Waals surface area contributed by atoms with Crippen LogP contribution in [0.4, 0.5) is 9.18 Å². The molecular formula is C21H24FNO3. The summed E-state index contributed by atoms with van der Waals surface area (Å²) in [5.74, 6) is 0.162. The van der Waals surface area contributed by atoms with Crippen molar-refractivity contribution >= 4 is 6.09 Å². The lowest BCUT2D eigenvalue weighted by molar-refractivity contribution is 0.0222. The molecule has 0 spiro atoms. The van der Waals surface area contributed by atoms with E-state index < -0.39 is 5.60 Å². The van der Waals surface area contributed by atoms with Crippen LogP contribution in [0.5, 0.6) is 5.75 Å². The van der Waals surface area contributed by atoms with E-state index in [2.05, 4.69) is 0 Å². The van der Waals surface area contributed by atoms with Gasteiger partial charge in [0.25, 0.3) is 0 Å². The molecule has 0 bridgehead atoms. The molecule has 0 N–H and O–H groups in total. The zero-order valence-corrected chi connectivity index (χ0v) is 15.4. The smallest absolute Gasteiger partial charge is 0.410 e. The quantitative estimate of drug-likeness (QED) is 0.799. The number of ether oxygens (including phenoxy) is 2. The van der Waals surface area contributed by atoms with Gasteiger partial charge in [0.05, 0.1) is 6.54 Å². The molecule has 0 saturated heterocycles. The van der Waals surface area contributed by atoms with Crippen molar-refractivity contribution in [1.82, 2.24) is 4.90 Å². The van der Waals surface area contributed by atoms with E-state index >= 15 is 0 Å². The van der Waals surface area contributed by atoms with E-state index in [4.69, 9.17) is 9.47 Å². The van der Waals surface area contributed by atoms with Gasteiger partial charge in [-0.1, -0.05) is 30.3 Å². The van der Waals surface area contributed by atoms with Crippen LogP contribution < -0.4 is 4.74 Å². The lowest BCUT2D eigenvalue weighted by atomic mass is 9.98. The number of hydrogen-bond donors (Lipinski definition) is 0. The highest BCUT2D eigenvalue weighted by atomic mass is 19.1. The van der Waals surface area contributed by atoms with Crippen molar-refractivity contribution in [3.05, 3.63) is 65.0 Å². The van der Waals surface area contributed by atoms with Crippen molar-refractivity contribution in [2.24, 2.45) is 0 Å². The van der Waals surface area contributed by atoms with Gasteiger partial charge in [0.15, 0.2) is 0 Å². The maximum absolute atomic E-state index is 14.0. The first-order valence-corrected chi connectivity index (χ1v) is 8.78. The molecule has 0 fully saturated rings. The van der Waals surface area contributed by atoms with E-state index in [0.29, 0.717) is 31.9 Å². The van der Waals surface area contributed by atoms with Crippen LogP contribution >= 0.6 is 0 Å². The number of hydrogen-bond acceptors (Lipinski definition) is 3. The van der Waals surface area contributed by atoms with Gasteiger partial charge in [-0.3, -0.25) is 0 Å². The Morgan fingerprint density at radius 3 is 2.62 bits per heavy atom. The molecule has 0 unspecified atom stereocenters. The Morgan fingerprint density at radius 1 is 1.19 bits per heavy atom. The lowest BCUT2D eigenvalue weighted by Gasteiger charge is -2.32. The summed E-state index contributed by atoms with van der Waals surface area (Å²) in [5.41, 5.74) is 2.19. The standard InChI is InChI=1S/C21H24FNO3/c1-21(2,3)26-20(24)23-10-9-16-11-17(22)12-19(18(16)13-23)25-14-15-7-5-4-6-8-15/h4-8,11-12H,9-10,13-14H2,1-3H3. The summed E-state index contributed by atoms with van der Waals surface area (Å²) in [6, 6.07) is 12.6. The number of benzene rings is 2. The molecule has 4 nitrogen and oxygen atoms in total. The molecule has 1 heterocycles. The Hall–Kier alpha value is -2.56. The average Bonchev–Trinajstić information content (AvgIpc) is 2.58. The first-order valence-electron chi connectivity index (χ1n) is 8.78. The summed E-state index contributed by atoms with van der Waals surface area (Å²) in [5, 5.41) is 0. The normalized spacial score (nSPS) is 13.9. The van der Waals surface area contributed by atoms with Crippen LogP contribution in [0.1, 0.15) is 37.5 Å². The minimum Gasteiger partial charge on any atom is -0.488 e. The van der Waals surface area contributed by atoms with Crippen LogP contribution in [-0.2, 0) is 24.3 Å². The van der Waals surface area contributed by atoms with E-state index in [1.165, 1.54) is 12.1 Å². The van der Waals surface area contributed by atoms with Gasteiger partial charge in [0.2, 0.25) is 0 Å². The highest BCUT2D eigenvalue weighted by Crippen LogP contribution is 2.31. The van der Waals surface area contributed by atoms with Crippen molar-refractivity contribution in [2.75, 3.05) is 6.54 Å². The number of fused-ring (bicyclic) bond motifs is 1. The van der Waals surface area contributed by atoms with E-state index in [-0.39, 0.29) is 11.9 Å². The van der Waals surface area contributed by atoms with Gasteiger partial charge in [-0.25, -0.2) is 9.18 Å². The molecule has 0 radical (unpaired) electrons. The Morgan fingerprint density at radius 2 is 1.92 bits per heavy atom. The predicted octanol–water partition coefficient (Wildman–Crippen LogP) is 4.70. The molecule has 138 valence electrons. The molecule has 0 aliphatic carbocycles. The van der Waals surface area contributed by atoms with Gasteiger partial charge in [0.1, 0.15) is 23.8 Å². The summed E-state index contributed by atoms with van der Waals surface area (Å²) in [6.07, 6.45) is 0.218. The molecule has 0 aromatic heterocycles. The first-order chi connectivity index (χ1) is 12.3. The predicted molar refractivity (Wildman–Crippen MR) is 97.5 cm³/mol. The third-order valence-corrected chi connectivity index (χ3v) is 4.16. The molecule has 1 aliphatic rings. The molecule has 0 saturated carbocycles. The Kier molecular flexibility index (Phi) is 5.16. The van der Waals surface area contributed by atoms with Crippen molar-refractivity contribution in [3.63, 3.8) is 0 Å². The molecule has 26 heavy (non-hydrogen) atoms. The molecule has 1 aliphatic heterocycles. The Balaban J connectivity index is 1.78. The van der Waals surface area contributed by atoms with Gasteiger partial charge >= 0.3 is 6.09 Å². The van der Waals surface area contributed by atoms with Crippen molar-refractivity contribution in [3.8, 4) is 5.75 Å². The molecule has 3 rings (SSSR count). The van der Waals surface area contributed by atoms with Gasteiger partial charge in [-0.05, 0) is 44.4 Å². The van der Waals surface area contributed by atoms with Gasteiger partial charge < -0.3 is 14.4 Å². The molecule has 0 atom stereocenters. The highest BCUT2D eigenvalue weighted by Gasteiger charge is 2.28. The Bertz CT molecular complexity index is 784. The van der Waals surface area contributed by atoms with E-state index in [0.717, 1.165) is 16.7 Å². The average molecular weight is 357 g/mol. The zero-order chi connectivity index (χ0) is 18.7. The van der Waals surface area contributed by atoms with Gasteiger partial charge in [0, 0.05) is 18.2 Å². The minimum atomic E-state index is -0.549. The topological polar surface area (TPSA) is 38.8 Å². The fraction of sp³-hybridized carbons (Fsp3) is 0.381. The van der Waals surface area contributed by atoms with Crippen LogP contribution in [0.25, 0.3) is 0 Å². The maximum Gasteiger partial charge on any atom is 0.410 e. The maximum atomic E-state index is 14.0. The van der Waals surface area contributed by atoms with Gasteiger partial charge in [-0.15, -0.1) is 0 Å². The first kappa shape index (κ1) is 18.2. The minimum absolute atomic E-state index is 0.322.